The molecule has 1 heterocycles. The minimum atomic E-state index is -0.631. The lowest BCUT2D eigenvalue weighted by atomic mass is 9.88. The molecule has 0 bridgehead atoms. The van der Waals surface area contributed by atoms with Crippen LogP contribution in [-0.2, 0) is 9.47 Å². The van der Waals surface area contributed by atoms with Crippen molar-refractivity contribution < 1.29 is 13.9 Å². The molecule has 3 rings (SSSR count). The topological polar surface area (TPSA) is 21.7 Å². The molecule has 1 saturated heterocycles. The molecule has 2 aliphatic carbocycles. The van der Waals surface area contributed by atoms with Crippen molar-refractivity contribution in [2.75, 3.05) is 32.8 Å². The summed E-state index contributed by atoms with van der Waals surface area (Å²) in [5, 5.41) is 0. The molecule has 0 aromatic carbocycles. The van der Waals surface area contributed by atoms with E-state index in [0.717, 1.165) is 58.1 Å². The zero-order chi connectivity index (χ0) is 15.9. The third kappa shape index (κ3) is 5.68. The number of hydrogen-bond acceptors (Lipinski definition) is 3. The monoisotopic (exact) mass is 327 g/mol. The minimum absolute atomic E-state index is 0.151. The second kappa shape index (κ2) is 9.33. The van der Waals surface area contributed by atoms with Crippen LogP contribution in [0.1, 0.15) is 64.2 Å². The summed E-state index contributed by atoms with van der Waals surface area (Å²) >= 11 is 0. The second-order valence-corrected chi connectivity index (χ2v) is 7.71. The van der Waals surface area contributed by atoms with Gasteiger partial charge in [0.15, 0.2) is 0 Å². The molecule has 0 aromatic rings. The molecule has 0 spiro atoms. The Bertz CT molecular complexity index is 327. The van der Waals surface area contributed by atoms with Crippen molar-refractivity contribution in [3.63, 3.8) is 0 Å². The third-order valence-electron chi connectivity index (χ3n) is 5.94. The lowest BCUT2D eigenvalue weighted by molar-refractivity contribution is -0.0527. The Balaban J connectivity index is 1.25. The van der Waals surface area contributed by atoms with Gasteiger partial charge in [-0.15, -0.1) is 0 Å². The summed E-state index contributed by atoms with van der Waals surface area (Å²) < 4.78 is 25.9. The fourth-order valence-corrected chi connectivity index (χ4v) is 4.33. The number of rotatable bonds is 7. The molecule has 134 valence electrons. The van der Waals surface area contributed by atoms with Crippen LogP contribution < -0.4 is 0 Å². The zero-order valence-corrected chi connectivity index (χ0v) is 14.6. The second-order valence-electron chi connectivity index (χ2n) is 7.71. The number of nitrogens with zero attached hydrogens (tertiary/aromatic N) is 1. The average molecular weight is 327 g/mol. The zero-order valence-electron chi connectivity index (χ0n) is 14.6. The van der Waals surface area contributed by atoms with Gasteiger partial charge < -0.3 is 14.4 Å². The van der Waals surface area contributed by atoms with Gasteiger partial charge in [-0.25, -0.2) is 4.39 Å². The van der Waals surface area contributed by atoms with Gasteiger partial charge in [0.2, 0.25) is 0 Å². The highest BCUT2D eigenvalue weighted by molar-refractivity contribution is 4.77. The van der Waals surface area contributed by atoms with Crippen LogP contribution in [0.3, 0.4) is 0 Å². The molecule has 2 saturated carbocycles. The molecule has 3 fully saturated rings. The number of hydrogen-bond donors (Lipinski definition) is 0. The number of ether oxygens (including phenoxy) is 2. The van der Waals surface area contributed by atoms with Gasteiger partial charge in [0.05, 0.1) is 25.4 Å². The number of halogens is 1. The molecule has 2 atom stereocenters. The van der Waals surface area contributed by atoms with Crippen LogP contribution in [0, 0.1) is 5.92 Å². The molecular formula is C19H34FNO2. The van der Waals surface area contributed by atoms with Gasteiger partial charge in [-0.05, 0) is 64.5 Å². The fourth-order valence-electron chi connectivity index (χ4n) is 4.33. The van der Waals surface area contributed by atoms with Crippen molar-refractivity contribution in [2.45, 2.75) is 82.6 Å². The summed E-state index contributed by atoms with van der Waals surface area (Å²) in [4.78, 5) is 2.51. The first kappa shape index (κ1) is 17.6. The van der Waals surface area contributed by atoms with Crippen molar-refractivity contribution in [2.24, 2.45) is 5.92 Å². The largest absolute Gasteiger partial charge is 0.378 e. The van der Waals surface area contributed by atoms with E-state index in [4.69, 9.17) is 9.47 Å². The minimum Gasteiger partial charge on any atom is -0.378 e. The Morgan fingerprint density at radius 3 is 2.13 bits per heavy atom. The molecule has 4 heteroatoms. The molecule has 0 radical (unpaired) electrons. The van der Waals surface area contributed by atoms with Gasteiger partial charge in [0.1, 0.15) is 6.17 Å². The quantitative estimate of drug-likeness (QED) is 0.706. The SMILES string of the molecule is FC1CCCCC1COC1CCC(OCCN2CCCC2)CC1. The Morgan fingerprint density at radius 2 is 1.43 bits per heavy atom. The Labute approximate surface area is 140 Å². The smallest absolute Gasteiger partial charge is 0.105 e. The summed E-state index contributed by atoms with van der Waals surface area (Å²) in [7, 11) is 0. The van der Waals surface area contributed by atoms with Crippen molar-refractivity contribution >= 4 is 0 Å². The van der Waals surface area contributed by atoms with Crippen molar-refractivity contribution in [3.05, 3.63) is 0 Å². The highest BCUT2D eigenvalue weighted by Gasteiger charge is 2.27. The predicted molar refractivity (Wildman–Crippen MR) is 90.5 cm³/mol. The number of alkyl halides is 1. The predicted octanol–water partition coefficient (Wildman–Crippen LogP) is 3.95. The summed E-state index contributed by atoms with van der Waals surface area (Å²) in [5.41, 5.74) is 0. The third-order valence-corrected chi connectivity index (χ3v) is 5.94. The van der Waals surface area contributed by atoms with E-state index in [-0.39, 0.29) is 5.92 Å². The van der Waals surface area contributed by atoms with Crippen molar-refractivity contribution in [1.82, 2.24) is 4.90 Å². The fraction of sp³-hybridized carbons (Fsp3) is 1.00. The van der Waals surface area contributed by atoms with Gasteiger partial charge in [-0.2, -0.15) is 0 Å². The van der Waals surface area contributed by atoms with E-state index in [0.29, 0.717) is 18.8 Å². The maximum absolute atomic E-state index is 13.8. The molecule has 23 heavy (non-hydrogen) atoms. The van der Waals surface area contributed by atoms with Crippen LogP contribution in [0.15, 0.2) is 0 Å². The number of likely N-dealkylation sites (tertiary alicyclic amines) is 1. The maximum Gasteiger partial charge on any atom is 0.105 e. The summed E-state index contributed by atoms with van der Waals surface area (Å²) in [5.74, 6) is 0.151. The average Bonchev–Trinajstić information content (AvgIpc) is 3.09. The van der Waals surface area contributed by atoms with Crippen LogP contribution in [-0.4, -0.2) is 56.1 Å². The van der Waals surface area contributed by atoms with E-state index in [2.05, 4.69) is 4.90 Å². The molecule has 1 aliphatic heterocycles. The van der Waals surface area contributed by atoms with Crippen LogP contribution in [0.25, 0.3) is 0 Å². The summed E-state index contributed by atoms with van der Waals surface area (Å²) in [6.45, 7) is 5.10. The van der Waals surface area contributed by atoms with Gasteiger partial charge >= 0.3 is 0 Å². The van der Waals surface area contributed by atoms with E-state index in [1.165, 1.54) is 32.4 Å². The molecular weight excluding hydrogens is 293 g/mol. The van der Waals surface area contributed by atoms with E-state index in [9.17, 15) is 4.39 Å². The van der Waals surface area contributed by atoms with E-state index in [1.54, 1.807) is 0 Å². The van der Waals surface area contributed by atoms with Gasteiger partial charge in [-0.3, -0.25) is 0 Å². The Hall–Kier alpha value is -0.190. The first-order valence-electron chi connectivity index (χ1n) is 9.91. The van der Waals surface area contributed by atoms with Gasteiger partial charge in [0, 0.05) is 12.5 Å². The highest BCUT2D eigenvalue weighted by Crippen LogP contribution is 2.29. The first-order chi connectivity index (χ1) is 11.3. The molecule has 2 unspecified atom stereocenters. The van der Waals surface area contributed by atoms with Crippen LogP contribution >= 0.6 is 0 Å². The molecule has 3 nitrogen and oxygen atoms in total. The van der Waals surface area contributed by atoms with Crippen molar-refractivity contribution in [1.29, 1.82) is 0 Å². The van der Waals surface area contributed by atoms with Crippen LogP contribution in [0.5, 0.6) is 0 Å². The van der Waals surface area contributed by atoms with Crippen molar-refractivity contribution in [3.8, 4) is 0 Å². The maximum atomic E-state index is 13.8. The van der Waals surface area contributed by atoms with Crippen LogP contribution in [0.4, 0.5) is 4.39 Å². The standard InChI is InChI=1S/C19H34FNO2/c20-19-6-2-1-5-16(19)15-23-18-9-7-17(8-10-18)22-14-13-21-11-3-4-12-21/h16-19H,1-15H2. The molecule has 0 amide bonds. The summed E-state index contributed by atoms with van der Waals surface area (Å²) in [6, 6.07) is 0. The molecule has 0 aromatic heterocycles. The summed E-state index contributed by atoms with van der Waals surface area (Å²) in [6.07, 6.45) is 11.2. The molecule has 0 N–H and O–H groups in total. The van der Waals surface area contributed by atoms with Gasteiger partial charge in [0.25, 0.3) is 0 Å². The van der Waals surface area contributed by atoms with E-state index in [1.807, 2.05) is 0 Å². The Morgan fingerprint density at radius 1 is 0.783 bits per heavy atom. The van der Waals surface area contributed by atoms with Crippen LogP contribution in [0.2, 0.25) is 0 Å². The van der Waals surface area contributed by atoms with E-state index >= 15 is 0 Å². The first-order valence-corrected chi connectivity index (χ1v) is 9.91. The normalized spacial score (nSPS) is 36.4. The van der Waals surface area contributed by atoms with Gasteiger partial charge in [-0.1, -0.05) is 12.8 Å². The van der Waals surface area contributed by atoms with E-state index < -0.39 is 6.17 Å². The lowest BCUT2D eigenvalue weighted by Crippen LogP contribution is -2.32. The Kier molecular flexibility index (Phi) is 7.15. The molecule has 3 aliphatic rings. The lowest BCUT2D eigenvalue weighted by Gasteiger charge is -2.32. The highest BCUT2D eigenvalue weighted by atomic mass is 19.1.